The van der Waals surface area contributed by atoms with E-state index in [9.17, 15) is 9.59 Å². The molecule has 3 heterocycles. The Bertz CT molecular complexity index is 1400. The second-order valence-electron chi connectivity index (χ2n) is 8.76. The van der Waals surface area contributed by atoms with Crippen molar-refractivity contribution in [3.63, 3.8) is 0 Å². The Balaban J connectivity index is 1.12. The maximum atomic E-state index is 11.4. The van der Waals surface area contributed by atoms with Gasteiger partial charge in [0.05, 0.1) is 16.3 Å². The maximum absolute atomic E-state index is 11.4. The molecule has 1 saturated heterocycles. The number of hydrogen-bond acceptors (Lipinski definition) is 5. The first-order chi connectivity index (χ1) is 16.5. The molecule has 2 N–H and O–H groups in total. The number of benzene rings is 2. The third kappa shape index (κ3) is 4.67. The molecule has 2 aromatic carbocycles. The van der Waals surface area contributed by atoms with Crippen molar-refractivity contribution in [2.45, 2.75) is 19.3 Å². The van der Waals surface area contributed by atoms with Crippen LogP contribution in [0.2, 0.25) is 5.02 Å². The topological polar surface area (TPSA) is 89.8 Å². The van der Waals surface area contributed by atoms with E-state index < -0.39 is 5.97 Å². The molecule has 0 spiro atoms. The van der Waals surface area contributed by atoms with Gasteiger partial charge in [0.1, 0.15) is 5.58 Å². The number of rotatable bonds is 7. The molecule has 0 amide bonds. The van der Waals surface area contributed by atoms with Gasteiger partial charge in [0.2, 0.25) is 0 Å². The number of aromatic nitrogens is 1. The highest BCUT2D eigenvalue weighted by atomic mass is 35.5. The number of aromatic amines is 1. The molecule has 0 radical (unpaired) electrons. The number of halogens is 1. The van der Waals surface area contributed by atoms with Crippen molar-refractivity contribution in [1.29, 1.82) is 0 Å². The highest BCUT2D eigenvalue weighted by Gasteiger charge is 2.19. The van der Waals surface area contributed by atoms with E-state index in [0.717, 1.165) is 74.0 Å². The van der Waals surface area contributed by atoms with E-state index in [1.165, 1.54) is 11.6 Å². The number of aryl methyl sites for hydroxylation is 1. The predicted molar refractivity (Wildman–Crippen MR) is 134 cm³/mol. The summed E-state index contributed by atoms with van der Waals surface area (Å²) in [6, 6.07) is 12.2. The predicted octanol–water partition coefficient (Wildman–Crippen LogP) is 4.77. The van der Waals surface area contributed by atoms with E-state index in [0.29, 0.717) is 16.2 Å². The molecule has 0 bridgehead atoms. The van der Waals surface area contributed by atoms with Gasteiger partial charge in [-0.1, -0.05) is 17.7 Å². The van der Waals surface area contributed by atoms with Crippen LogP contribution in [0.5, 0.6) is 0 Å². The van der Waals surface area contributed by atoms with Gasteiger partial charge in [-0.25, -0.2) is 9.59 Å². The summed E-state index contributed by atoms with van der Waals surface area (Å²) < 4.78 is 5.23. The number of carbonyl (C=O) groups is 1. The Morgan fingerprint density at radius 3 is 2.68 bits per heavy atom. The van der Waals surface area contributed by atoms with Crippen LogP contribution >= 0.6 is 11.6 Å². The Hall–Kier alpha value is -3.29. The molecule has 2 aromatic heterocycles. The van der Waals surface area contributed by atoms with Crippen LogP contribution in [0.25, 0.3) is 21.9 Å². The molecule has 34 heavy (non-hydrogen) atoms. The van der Waals surface area contributed by atoms with E-state index in [1.54, 1.807) is 24.3 Å². The van der Waals surface area contributed by atoms with Gasteiger partial charge in [-0.3, -0.25) is 4.90 Å². The molecule has 4 aromatic rings. The second kappa shape index (κ2) is 9.52. The molecule has 1 aliphatic heterocycles. The highest BCUT2D eigenvalue weighted by molar-refractivity contribution is 6.34. The number of fused-ring (bicyclic) bond motifs is 2. The maximum Gasteiger partial charge on any atom is 0.336 e. The smallest absolute Gasteiger partial charge is 0.336 e. The lowest BCUT2D eigenvalue weighted by molar-refractivity contribution is 0.0697. The quantitative estimate of drug-likeness (QED) is 0.293. The lowest BCUT2D eigenvalue weighted by atomic mass is 10.1. The number of nitrogens with zero attached hydrogens (tertiary/aromatic N) is 2. The number of piperazine rings is 1. The van der Waals surface area contributed by atoms with Crippen LogP contribution in [0.15, 0.2) is 57.9 Å². The van der Waals surface area contributed by atoms with Gasteiger partial charge in [-0.2, -0.15) is 0 Å². The molecule has 176 valence electrons. The number of hydrogen-bond donors (Lipinski definition) is 2. The fourth-order valence-corrected chi connectivity index (χ4v) is 4.98. The molecule has 0 atom stereocenters. The number of unbranched alkanes of at least 4 members (excludes halogenated alkanes) is 1. The van der Waals surface area contributed by atoms with Crippen LogP contribution < -0.4 is 10.5 Å². The van der Waals surface area contributed by atoms with Gasteiger partial charge in [0, 0.05) is 60.8 Å². The van der Waals surface area contributed by atoms with E-state index in [2.05, 4.69) is 14.8 Å². The summed E-state index contributed by atoms with van der Waals surface area (Å²) in [6.45, 7) is 4.80. The summed E-state index contributed by atoms with van der Waals surface area (Å²) in [5, 5.41) is 11.7. The van der Waals surface area contributed by atoms with Crippen molar-refractivity contribution in [3.05, 3.63) is 75.2 Å². The zero-order valence-electron chi connectivity index (χ0n) is 18.7. The van der Waals surface area contributed by atoms with Crippen molar-refractivity contribution < 1.29 is 14.3 Å². The van der Waals surface area contributed by atoms with Gasteiger partial charge < -0.3 is 19.4 Å². The number of carboxylic acid groups (broad SMARTS) is 1. The highest BCUT2D eigenvalue weighted by Crippen LogP contribution is 2.31. The van der Waals surface area contributed by atoms with Gasteiger partial charge in [-0.05, 0) is 55.6 Å². The summed E-state index contributed by atoms with van der Waals surface area (Å²) in [4.78, 5) is 30.6. The Morgan fingerprint density at radius 2 is 1.88 bits per heavy atom. The van der Waals surface area contributed by atoms with Crippen LogP contribution in [0.3, 0.4) is 0 Å². The second-order valence-corrected chi connectivity index (χ2v) is 9.17. The molecule has 1 aliphatic rings. The summed E-state index contributed by atoms with van der Waals surface area (Å²) in [6.07, 6.45) is 5.15. The minimum Gasteiger partial charge on any atom is -0.478 e. The first kappa shape index (κ1) is 22.5. The molecular weight excluding hydrogens is 454 g/mol. The third-order valence-electron chi connectivity index (χ3n) is 6.59. The van der Waals surface area contributed by atoms with Crippen LogP contribution in [0.1, 0.15) is 28.8 Å². The van der Waals surface area contributed by atoms with E-state index in [-0.39, 0.29) is 5.63 Å². The fraction of sp³-hybridized carbons (Fsp3) is 0.308. The zero-order chi connectivity index (χ0) is 23.7. The standard InChI is InChI=1S/C26H26ClN3O4/c27-21-15-24-17(5-7-25(31)34-24)14-23(21)30-11-9-29(10-12-30)8-2-1-3-19-16-28-22-13-18(26(32)33)4-6-20(19)22/h4-7,13-16,28H,1-3,8-12H2,(H,32,33). The monoisotopic (exact) mass is 479 g/mol. The van der Waals surface area contributed by atoms with Gasteiger partial charge in [0.25, 0.3) is 0 Å². The average Bonchev–Trinajstić information content (AvgIpc) is 3.24. The number of nitrogens with one attached hydrogen (secondary N) is 1. The van der Waals surface area contributed by atoms with Crippen LogP contribution in [-0.2, 0) is 6.42 Å². The van der Waals surface area contributed by atoms with Gasteiger partial charge >= 0.3 is 11.6 Å². The Labute approximate surface area is 201 Å². The Morgan fingerprint density at radius 1 is 1.06 bits per heavy atom. The van der Waals surface area contributed by atoms with Crippen LogP contribution in [0, 0.1) is 0 Å². The number of aromatic carboxylic acids is 1. The normalized spacial score (nSPS) is 14.8. The minimum absolute atomic E-state index is 0.302. The van der Waals surface area contributed by atoms with Gasteiger partial charge in [-0.15, -0.1) is 0 Å². The molecule has 8 heteroatoms. The van der Waals surface area contributed by atoms with Gasteiger partial charge in [0.15, 0.2) is 0 Å². The van der Waals surface area contributed by atoms with E-state index in [4.69, 9.17) is 21.1 Å². The van der Waals surface area contributed by atoms with Crippen molar-refractivity contribution in [3.8, 4) is 0 Å². The van der Waals surface area contributed by atoms with Crippen molar-refractivity contribution in [1.82, 2.24) is 9.88 Å². The first-order valence-electron chi connectivity index (χ1n) is 11.5. The van der Waals surface area contributed by atoms with Crippen LogP contribution in [0.4, 0.5) is 5.69 Å². The largest absolute Gasteiger partial charge is 0.478 e. The first-order valence-corrected chi connectivity index (χ1v) is 11.9. The average molecular weight is 480 g/mol. The van der Waals surface area contributed by atoms with E-state index in [1.807, 2.05) is 18.3 Å². The molecular formula is C26H26ClN3O4. The molecule has 5 rings (SSSR count). The van der Waals surface area contributed by atoms with Crippen molar-refractivity contribution >= 4 is 45.1 Å². The van der Waals surface area contributed by atoms with E-state index >= 15 is 0 Å². The Kier molecular flexibility index (Phi) is 6.30. The molecule has 0 aliphatic carbocycles. The number of H-pyrrole nitrogens is 1. The van der Waals surface area contributed by atoms with Crippen LogP contribution in [-0.4, -0.2) is 53.7 Å². The number of carboxylic acids is 1. The molecule has 0 saturated carbocycles. The lowest BCUT2D eigenvalue weighted by Crippen LogP contribution is -2.46. The zero-order valence-corrected chi connectivity index (χ0v) is 19.5. The summed E-state index contributed by atoms with van der Waals surface area (Å²) in [5.41, 5.74) is 3.53. The molecule has 7 nitrogen and oxygen atoms in total. The molecule has 1 fully saturated rings. The number of anilines is 1. The SMILES string of the molecule is O=C(O)c1ccc2c(CCCCN3CCN(c4cc5ccc(=O)oc5cc4Cl)CC3)c[nH]c2c1. The van der Waals surface area contributed by atoms with Crippen molar-refractivity contribution in [2.24, 2.45) is 0 Å². The summed E-state index contributed by atoms with van der Waals surface area (Å²) in [7, 11) is 0. The van der Waals surface area contributed by atoms with Crippen molar-refractivity contribution in [2.75, 3.05) is 37.6 Å². The summed E-state index contributed by atoms with van der Waals surface area (Å²) in [5.74, 6) is -0.908. The fourth-order valence-electron chi connectivity index (χ4n) is 4.71. The molecule has 0 unspecified atom stereocenters. The lowest BCUT2D eigenvalue weighted by Gasteiger charge is -2.36. The minimum atomic E-state index is -0.908. The third-order valence-corrected chi connectivity index (χ3v) is 6.89. The summed E-state index contributed by atoms with van der Waals surface area (Å²) >= 11 is 6.49.